The van der Waals surface area contributed by atoms with E-state index in [1.807, 2.05) is 86.6 Å². The topological polar surface area (TPSA) is 81.8 Å². The second-order valence-electron chi connectivity index (χ2n) is 8.41. The number of carbonyl (C=O) groups is 1. The Labute approximate surface area is 205 Å². The quantitative estimate of drug-likeness (QED) is 0.281. The minimum atomic E-state index is -0.825. The molecule has 0 radical (unpaired) electrons. The minimum Gasteiger partial charge on any atom is -0.493 e. The Bertz CT molecular complexity index is 1260. The van der Waals surface area contributed by atoms with Gasteiger partial charge >= 0.3 is 5.97 Å². The number of hydrogen-bond acceptors (Lipinski definition) is 5. The molecule has 0 spiro atoms. The van der Waals surface area contributed by atoms with Gasteiger partial charge in [-0.2, -0.15) is 0 Å². The first-order valence-electron chi connectivity index (χ1n) is 11.7. The van der Waals surface area contributed by atoms with Crippen LogP contribution in [-0.4, -0.2) is 22.7 Å². The first-order chi connectivity index (χ1) is 17.0. The molecule has 180 valence electrons. The lowest BCUT2D eigenvalue weighted by molar-refractivity contribution is -0.136. The van der Waals surface area contributed by atoms with E-state index in [0.29, 0.717) is 37.7 Å². The van der Waals surface area contributed by atoms with Gasteiger partial charge in [0.2, 0.25) is 5.89 Å². The molecule has 0 atom stereocenters. The van der Waals surface area contributed by atoms with E-state index in [0.717, 1.165) is 39.5 Å². The second kappa shape index (κ2) is 11.4. The van der Waals surface area contributed by atoms with Crippen LogP contribution in [0.5, 0.6) is 11.5 Å². The molecule has 0 aliphatic carbocycles. The molecule has 0 saturated heterocycles. The highest BCUT2D eigenvalue weighted by Crippen LogP contribution is 2.24. The molecule has 4 aromatic rings. The minimum absolute atomic E-state index is 0.0624. The zero-order chi connectivity index (χ0) is 24.6. The van der Waals surface area contributed by atoms with Crippen molar-refractivity contribution in [3.05, 3.63) is 101 Å². The summed E-state index contributed by atoms with van der Waals surface area (Å²) < 4.78 is 17.8. The number of aliphatic carboxylic acids is 1. The summed E-state index contributed by atoms with van der Waals surface area (Å²) in [4.78, 5) is 15.7. The van der Waals surface area contributed by atoms with Crippen molar-refractivity contribution in [3.63, 3.8) is 0 Å². The van der Waals surface area contributed by atoms with Crippen LogP contribution >= 0.6 is 0 Å². The largest absolute Gasteiger partial charge is 0.493 e. The summed E-state index contributed by atoms with van der Waals surface area (Å²) in [5, 5.41) is 9.11. The van der Waals surface area contributed by atoms with Gasteiger partial charge in [-0.15, -0.1) is 0 Å². The van der Waals surface area contributed by atoms with E-state index in [9.17, 15) is 4.79 Å². The van der Waals surface area contributed by atoms with Crippen LogP contribution in [0.3, 0.4) is 0 Å². The Morgan fingerprint density at radius 1 is 0.886 bits per heavy atom. The lowest BCUT2D eigenvalue weighted by Gasteiger charge is -2.14. The maximum atomic E-state index is 11.1. The molecular weight excluding hydrogens is 442 g/mol. The average Bonchev–Trinajstić information content (AvgIpc) is 3.24. The fourth-order valence-electron chi connectivity index (χ4n) is 3.74. The summed E-state index contributed by atoms with van der Waals surface area (Å²) in [6, 6.07) is 23.4. The van der Waals surface area contributed by atoms with Gasteiger partial charge in [0.15, 0.2) is 0 Å². The van der Waals surface area contributed by atoms with E-state index >= 15 is 0 Å². The molecule has 0 bridgehead atoms. The van der Waals surface area contributed by atoms with E-state index in [-0.39, 0.29) is 6.42 Å². The molecule has 0 amide bonds. The van der Waals surface area contributed by atoms with Crippen molar-refractivity contribution in [2.75, 3.05) is 6.61 Å². The highest BCUT2D eigenvalue weighted by Gasteiger charge is 2.12. The number of benzene rings is 3. The Balaban J connectivity index is 1.41. The van der Waals surface area contributed by atoms with Gasteiger partial charge in [0, 0.05) is 18.4 Å². The zero-order valence-electron chi connectivity index (χ0n) is 20.0. The molecule has 3 aromatic carbocycles. The Morgan fingerprint density at radius 3 is 2.37 bits per heavy atom. The van der Waals surface area contributed by atoms with Gasteiger partial charge in [-0.25, -0.2) is 4.98 Å². The molecule has 4 rings (SSSR count). The fraction of sp³-hybridized carbons (Fsp3) is 0.241. The highest BCUT2D eigenvalue weighted by molar-refractivity contribution is 5.67. The number of carboxylic acids is 1. The molecular formula is C29H29NO5. The Morgan fingerprint density at radius 2 is 1.63 bits per heavy atom. The molecule has 0 saturated carbocycles. The second-order valence-corrected chi connectivity index (χ2v) is 8.41. The van der Waals surface area contributed by atoms with Crippen molar-refractivity contribution >= 4 is 5.97 Å². The van der Waals surface area contributed by atoms with Gasteiger partial charge in [0.1, 0.15) is 23.9 Å². The molecule has 0 aliphatic rings. The predicted molar refractivity (Wildman–Crippen MR) is 134 cm³/mol. The number of ether oxygens (including phenoxy) is 2. The lowest BCUT2D eigenvalue weighted by atomic mass is 10.0. The van der Waals surface area contributed by atoms with Crippen molar-refractivity contribution in [2.45, 2.75) is 39.7 Å². The number of oxazole rings is 1. The van der Waals surface area contributed by atoms with E-state index in [1.165, 1.54) is 0 Å². The zero-order valence-corrected chi connectivity index (χ0v) is 20.0. The summed E-state index contributed by atoms with van der Waals surface area (Å²) >= 11 is 0. The third kappa shape index (κ3) is 6.73. The van der Waals surface area contributed by atoms with Crippen molar-refractivity contribution in [3.8, 4) is 23.0 Å². The molecule has 1 N–H and O–H groups in total. The van der Waals surface area contributed by atoms with Crippen LogP contribution in [-0.2, 0) is 24.2 Å². The number of nitrogens with zero attached hydrogens (tertiary/aromatic N) is 1. The number of hydrogen-bond donors (Lipinski definition) is 1. The van der Waals surface area contributed by atoms with Gasteiger partial charge in [-0.05, 0) is 67.8 Å². The molecule has 0 aliphatic heterocycles. The monoisotopic (exact) mass is 471 g/mol. The molecule has 0 fully saturated rings. The summed E-state index contributed by atoms with van der Waals surface area (Å²) in [6.07, 6.45) is 1.10. The van der Waals surface area contributed by atoms with Crippen LogP contribution in [0, 0.1) is 13.8 Å². The van der Waals surface area contributed by atoms with Crippen LogP contribution < -0.4 is 9.47 Å². The summed E-state index contributed by atoms with van der Waals surface area (Å²) in [7, 11) is 0. The van der Waals surface area contributed by atoms with E-state index in [1.54, 1.807) is 0 Å². The molecule has 6 nitrogen and oxygen atoms in total. The van der Waals surface area contributed by atoms with Crippen LogP contribution in [0.25, 0.3) is 11.5 Å². The number of aryl methyl sites for hydroxylation is 3. The number of carboxylic acid groups (broad SMARTS) is 1. The van der Waals surface area contributed by atoms with E-state index < -0.39 is 5.97 Å². The number of rotatable bonds is 11. The first kappa shape index (κ1) is 24.1. The molecule has 0 unspecified atom stereocenters. The van der Waals surface area contributed by atoms with Crippen LogP contribution in [0.4, 0.5) is 0 Å². The van der Waals surface area contributed by atoms with Crippen LogP contribution in [0.15, 0.2) is 77.2 Å². The predicted octanol–water partition coefficient (Wildman–Crippen LogP) is 6.18. The number of aromatic nitrogens is 1. The van der Waals surface area contributed by atoms with E-state index in [2.05, 4.69) is 4.98 Å². The lowest BCUT2D eigenvalue weighted by Crippen LogP contribution is -2.06. The van der Waals surface area contributed by atoms with Gasteiger partial charge in [-0.3, -0.25) is 4.79 Å². The van der Waals surface area contributed by atoms with Gasteiger partial charge < -0.3 is 19.0 Å². The third-order valence-electron chi connectivity index (χ3n) is 5.72. The van der Waals surface area contributed by atoms with Crippen molar-refractivity contribution in [1.29, 1.82) is 0 Å². The molecule has 1 aromatic heterocycles. The first-order valence-corrected chi connectivity index (χ1v) is 11.7. The van der Waals surface area contributed by atoms with Gasteiger partial charge in [-0.1, -0.05) is 42.0 Å². The van der Waals surface area contributed by atoms with Gasteiger partial charge in [0.25, 0.3) is 0 Å². The molecule has 1 heterocycles. The maximum absolute atomic E-state index is 11.1. The molecule has 35 heavy (non-hydrogen) atoms. The van der Waals surface area contributed by atoms with Crippen molar-refractivity contribution in [2.24, 2.45) is 0 Å². The van der Waals surface area contributed by atoms with Crippen LogP contribution in [0.1, 0.15) is 34.6 Å². The van der Waals surface area contributed by atoms with E-state index in [4.69, 9.17) is 19.0 Å². The van der Waals surface area contributed by atoms with Gasteiger partial charge in [0.05, 0.1) is 12.3 Å². The maximum Gasteiger partial charge on any atom is 0.303 e. The standard InChI is InChI=1S/C29H29NO5/c1-20-8-12-25(13-9-20)34-19-24-18-26(14-10-22(24)11-15-28(31)32)33-17-16-27-21(2)35-29(30-27)23-6-4-3-5-7-23/h3-10,12-14,18H,11,15-17,19H2,1-2H3,(H,31,32). The highest BCUT2D eigenvalue weighted by atomic mass is 16.5. The van der Waals surface area contributed by atoms with Crippen molar-refractivity contribution in [1.82, 2.24) is 4.98 Å². The summed E-state index contributed by atoms with van der Waals surface area (Å²) in [5.74, 6) is 2.03. The average molecular weight is 472 g/mol. The third-order valence-corrected chi connectivity index (χ3v) is 5.72. The summed E-state index contributed by atoms with van der Waals surface area (Å²) in [5.41, 5.74) is 4.82. The Hall–Kier alpha value is -4.06. The van der Waals surface area contributed by atoms with Crippen molar-refractivity contribution < 1.29 is 23.8 Å². The molecule has 6 heteroatoms. The fourth-order valence-corrected chi connectivity index (χ4v) is 3.74. The normalized spacial score (nSPS) is 10.8. The Kier molecular flexibility index (Phi) is 7.83. The van der Waals surface area contributed by atoms with Crippen LogP contribution in [0.2, 0.25) is 0 Å². The smallest absolute Gasteiger partial charge is 0.303 e. The SMILES string of the molecule is Cc1ccc(OCc2cc(OCCc3nc(-c4ccccc4)oc3C)ccc2CCC(=O)O)cc1. The summed E-state index contributed by atoms with van der Waals surface area (Å²) in [6.45, 7) is 4.70.